The Kier molecular flexibility index (Phi) is 25.6. The summed E-state index contributed by atoms with van der Waals surface area (Å²) in [6.07, 6.45) is 4.97. The first-order chi connectivity index (χ1) is 34.3. The van der Waals surface area contributed by atoms with Crippen LogP contribution in [0.1, 0.15) is 97.5 Å². The number of carboxylic acids is 1. The molecule has 1 aromatic heterocycles. The molecule has 402 valence electrons. The van der Waals surface area contributed by atoms with E-state index in [4.69, 9.17) is 17.2 Å². The molecule has 1 saturated heterocycles. The second kappa shape index (κ2) is 30.6. The highest BCUT2D eigenvalue weighted by Gasteiger charge is 2.41. The molecule has 0 radical (unpaired) electrons. The largest absolute Gasteiger partial charge is 0.480 e. The van der Waals surface area contributed by atoms with Gasteiger partial charge in [-0.25, -0.2) is 4.79 Å². The highest BCUT2D eigenvalue weighted by atomic mass is 16.4. The lowest BCUT2D eigenvalue weighted by Gasteiger charge is -2.32. The number of aromatic amines is 1. The lowest BCUT2D eigenvalue weighted by molar-refractivity contribution is -0.143. The normalized spacial score (nSPS) is 16.8. The molecule has 1 fully saturated rings. The molecule has 0 saturated carbocycles. The molecule has 72 heavy (non-hydrogen) atoms. The van der Waals surface area contributed by atoms with Crippen LogP contribution in [0.5, 0.6) is 0 Å². The minimum absolute atomic E-state index is 0.0362. The summed E-state index contributed by atoms with van der Waals surface area (Å²) in [6, 6.07) is -3.05. The number of hydrogen-bond acceptors (Lipinski definition) is 14. The summed E-state index contributed by atoms with van der Waals surface area (Å²) in [5.74, 6) is -7.88. The monoisotopic (exact) mass is 1010 g/mol. The molecule has 9 atom stereocenters. The lowest BCUT2D eigenvalue weighted by atomic mass is 9.96. The number of aliphatic hydroxyl groups excluding tert-OH is 2. The molecule has 24 heteroatoms. The number of nitrogens with one attached hydrogen (secondary N) is 8. The summed E-state index contributed by atoms with van der Waals surface area (Å²) >= 11 is 0. The number of hydrogen-bond donors (Lipinski definition) is 14. The molecule has 0 unspecified atom stereocenters. The van der Waals surface area contributed by atoms with Gasteiger partial charge in [0.05, 0.1) is 25.8 Å². The minimum atomic E-state index is -1.67. The van der Waals surface area contributed by atoms with Crippen molar-refractivity contribution in [3.8, 4) is 0 Å². The summed E-state index contributed by atoms with van der Waals surface area (Å²) in [5, 5.41) is 48.2. The number of unbranched alkanes of at least 4 members (excludes halogenated alkanes) is 2. The number of carbonyl (C=O) groups is 9. The molecule has 1 aromatic carbocycles. The number of likely N-dealkylation sites (tertiary alicyclic amines) is 1. The van der Waals surface area contributed by atoms with E-state index in [2.05, 4.69) is 42.2 Å². The predicted octanol–water partition coefficient (Wildman–Crippen LogP) is -2.53. The first kappa shape index (κ1) is 60.1. The van der Waals surface area contributed by atoms with Crippen molar-refractivity contribution in [2.75, 3.05) is 39.4 Å². The van der Waals surface area contributed by atoms with Gasteiger partial charge >= 0.3 is 5.97 Å². The molecule has 17 N–H and O–H groups in total. The van der Waals surface area contributed by atoms with Crippen LogP contribution in [0.25, 0.3) is 10.9 Å². The topological polar surface area (TPSA) is 396 Å². The molecule has 0 bridgehead atoms. The molecule has 2 aromatic rings. The van der Waals surface area contributed by atoms with Crippen molar-refractivity contribution >= 4 is 64.1 Å². The van der Waals surface area contributed by atoms with Gasteiger partial charge in [0.25, 0.3) is 0 Å². The van der Waals surface area contributed by atoms with Crippen molar-refractivity contribution in [2.24, 2.45) is 29.0 Å². The van der Waals surface area contributed by atoms with Crippen LogP contribution in [0.15, 0.2) is 30.5 Å². The fourth-order valence-corrected chi connectivity index (χ4v) is 8.31. The number of aromatic nitrogens is 1. The molecule has 1 aliphatic rings. The third-order valence-electron chi connectivity index (χ3n) is 12.6. The Morgan fingerprint density at radius 3 is 1.92 bits per heavy atom. The summed E-state index contributed by atoms with van der Waals surface area (Å²) < 4.78 is 0. The number of aliphatic carboxylic acids is 1. The van der Waals surface area contributed by atoms with Gasteiger partial charge in [0, 0.05) is 30.1 Å². The SMILES string of the molecule is CC[C@H](C)[C@H](NC(=O)[C@H](CCCCN)NC(=O)CNC(=O)[C@@H](N)CC(C)C)C(=O)N[C@@H](Cc1c[nH]c2ccccc12)C(=O)N1CCC[C@H]1C(=O)N[C@@H](CO)C(=O)N[C@@H](CO)C(=O)N[C@@H](CCCCN)C(=O)O. The second-order valence-corrected chi connectivity index (χ2v) is 18.7. The zero-order valence-electron chi connectivity index (χ0n) is 41.9. The highest BCUT2D eigenvalue weighted by Crippen LogP contribution is 2.24. The van der Waals surface area contributed by atoms with Gasteiger partial charge in [-0.1, -0.05) is 52.3 Å². The van der Waals surface area contributed by atoms with Crippen molar-refractivity contribution in [1.29, 1.82) is 0 Å². The Morgan fingerprint density at radius 1 is 0.736 bits per heavy atom. The molecular weight excluding hydrogens is 937 g/mol. The number of rotatable bonds is 32. The number of fused-ring (bicyclic) bond motifs is 1. The van der Waals surface area contributed by atoms with Gasteiger partial charge in [-0.05, 0) is 94.3 Å². The third kappa shape index (κ3) is 18.4. The predicted molar refractivity (Wildman–Crippen MR) is 266 cm³/mol. The number of nitrogens with two attached hydrogens (primary N) is 3. The van der Waals surface area contributed by atoms with Gasteiger partial charge in [-0.15, -0.1) is 0 Å². The van der Waals surface area contributed by atoms with E-state index >= 15 is 0 Å². The summed E-state index contributed by atoms with van der Waals surface area (Å²) in [6.45, 7) is 5.71. The first-order valence-electron chi connectivity index (χ1n) is 24.8. The van der Waals surface area contributed by atoms with E-state index in [1.165, 1.54) is 4.90 Å². The highest BCUT2D eigenvalue weighted by molar-refractivity contribution is 5.98. The van der Waals surface area contributed by atoms with E-state index in [1.54, 1.807) is 13.1 Å². The Bertz CT molecular complexity index is 2140. The van der Waals surface area contributed by atoms with E-state index in [9.17, 15) is 58.5 Å². The number of para-hydroxylation sites is 1. The molecule has 1 aliphatic heterocycles. The van der Waals surface area contributed by atoms with Crippen molar-refractivity contribution in [1.82, 2.24) is 47.1 Å². The second-order valence-electron chi connectivity index (χ2n) is 18.7. The van der Waals surface area contributed by atoms with Crippen LogP contribution in [-0.4, -0.2) is 166 Å². The molecule has 0 spiro atoms. The van der Waals surface area contributed by atoms with Crippen molar-refractivity contribution in [3.05, 3.63) is 36.0 Å². The Hall–Kier alpha value is -6.21. The van der Waals surface area contributed by atoms with Crippen molar-refractivity contribution in [2.45, 2.75) is 147 Å². The van der Waals surface area contributed by atoms with Crippen LogP contribution in [0.4, 0.5) is 0 Å². The van der Waals surface area contributed by atoms with Gasteiger partial charge in [0.1, 0.15) is 42.3 Å². The number of amides is 8. The number of carbonyl (C=O) groups excluding carboxylic acids is 8. The van der Waals surface area contributed by atoms with E-state index in [0.717, 1.165) is 10.9 Å². The number of H-pyrrole nitrogens is 1. The summed E-state index contributed by atoms with van der Waals surface area (Å²) in [5.41, 5.74) is 18.6. The Labute approximate surface area is 419 Å². The van der Waals surface area contributed by atoms with E-state index in [1.807, 2.05) is 45.0 Å². The lowest BCUT2D eigenvalue weighted by Crippen LogP contribution is -2.61. The fraction of sp³-hybridized carbons (Fsp3) is 0.646. The maximum Gasteiger partial charge on any atom is 0.326 e. The average Bonchev–Trinajstić information content (AvgIpc) is 4.02. The van der Waals surface area contributed by atoms with Crippen LogP contribution in [0.2, 0.25) is 0 Å². The maximum absolute atomic E-state index is 14.8. The van der Waals surface area contributed by atoms with Gasteiger partial charge in [0.2, 0.25) is 47.3 Å². The molecule has 3 rings (SSSR count). The van der Waals surface area contributed by atoms with Crippen LogP contribution in [0.3, 0.4) is 0 Å². The maximum atomic E-state index is 14.8. The number of nitrogens with zero attached hydrogens (tertiary/aromatic N) is 1. The van der Waals surface area contributed by atoms with Gasteiger partial charge in [-0.2, -0.15) is 0 Å². The molecule has 0 aliphatic carbocycles. The van der Waals surface area contributed by atoms with E-state index < -0.39 is 127 Å². The van der Waals surface area contributed by atoms with Crippen LogP contribution in [0, 0.1) is 11.8 Å². The molecule has 24 nitrogen and oxygen atoms in total. The average molecular weight is 1020 g/mol. The zero-order valence-corrected chi connectivity index (χ0v) is 41.9. The number of benzene rings is 1. The number of aliphatic hydroxyl groups is 2. The van der Waals surface area contributed by atoms with Crippen LogP contribution < -0.4 is 54.4 Å². The van der Waals surface area contributed by atoms with E-state index in [0.29, 0.717) is 63.6 Å². The standard InChI is InChI=1S/C48H78N12O12/c1-5-28(4)40(59-42(65)33(15-8-10-18-49)54-39(63)24-53-41(64)31(51)21-27(2)3)46(69)56-35(22-29-23-52-32-14-7-6-13-30(29)32)47(70)60-20-12-17-38(60)45(68)58-37(26-62)44(67)57-36(25-61)43(66)55-34(48(71)72)16-9-11-19-50/h6-7,13-14,23,27-28,31,33-38,40,52,61-62H,5,8-12,15-22,24-26,49-51H2,1-4H3,(H,53,64)(H,54,63)(H,55,66)(H,56,69)(H,57,67)(H,58,68)(H,59,65)(H,71,72)/t28-,31-,33-,34-,35-,36-,37-,38-,40-/m0/s1. The first-order valence-corrected chi connectivity index (χ1v) is 24.8. The molecular formula is C48H78N12O12. The zero-order chi connectivity index (χ0) is 53.5. The third-order valence-corrected chi connectivity index (χ3v) is 12.6. The van der Waals surface area contributed by atoms with Crippen molar-refractivity contribution < 1.29 is 58.5 Å². The quantitative estimate of drug-likeness (QED) is 0.0336. The summed E-state index contributed by atoms with van der Waals surface area (Å²) in [7, 11) is 0. The smallest absolute Gasteiger partial charge is 0.326 e. The van der Waals surface area contributed by atoms with Crippen molar-refractivity contribution in [3.63, 3.8) is 0 Å². The summed E-state index contributed by atoms with van der Waals surface area (Å²) in [4.78, 5) is 125. The van der Waals surface area contributed by atoms with Crippen LogP contribution >= 0.6 is 0 Å². The van der Waals surface area contributed by atoms with Gasteiger partial charge in [-0.3, -0.25) is 38.4 Å². The Balaban J connectivity index is 1.85. The molecule has 2 heterocycles. The van der Waals surface area contributed by atoms with E-state index in [-0.39, 0.29) is 38.1 Å². The fourth-order valence-electron chi connectivity index (χ4n) is 8.31. The van der Waals surface area contributed by atoms with Crippen LogP contribution in [-0.2, 0) is 49.6 Å². The van der Waals surface area contributed by atoms with Gasteiger partial charge < -0.3 is 79.6 Å². The molecule has 8 amide bonds. The van der Waals surface area contributed by atoms with Gasteiger partial charge in [0.15, 0.2) is 0 Å². The number of carboxylic acid groups (broad SMARTS) is 1. The Morgan fingerprint density at radius 2 is 1.32 bits per heavy atom. The minimum Gasteiger partial charge on any atom is -0.480 e.